The molecular formula is C15H16N2O4. The summed E-state index contributed by atoms with van der Waals surface area (Å²) in [6.07, 6.45) is 2.40. The summed E-state index contributed by atoms with van der Waals surface area (Å²) in [5.74, 6) is -0.602. The first kappa shape index (κ1) is 14.8. The Morgan fingerprint density at radius 2 is 2.00 bits per heavy atom. The molecule has 110 valence electrons. The first-order chi connectivity index (χ1) is 10.1. The minimum Gasteiger partial charge on any atom is -0.481 e. The number of oxazole rings is 1. The molecule has 0 saturated carbocycles. The average molecular weight is 288 g/mol. The number of aryl methyl sites for hydroxylation is 2. The highest BCUT2D eigenvalue weighted by atomic mass is 16.4. The average Bonchev–Trinajstić information content (AvgIpc) is 2.95. The van der Waals surface area contributed by atoms with Crippen LogP contribution < -0.4 is 5.32 Å². The number of aromatic nitrogens is 1. The van der Waals surface area contributed by atoms with Crippen molar-refractivity contribution in [2.45, 2.75) is 26.2 Å². The molecule has 1 amide bonds. The van der Waals surface area contributed by atoms with Crippen molar-refractivity contribution in [3.63, 3.8) is 0 Å². The molecule has 0 spiro atoms. The van der Waals surface area contributed by atoms with Crippen LogP contribution in [0.25, 0.3) is 0 Å². The molecule has 6 heteroatoms. The Hall–Kier alpha value is -2.63. The van der Waals surface area contributed by atoms with Gasteiger partial charge in [-0.05, 0) is 24.1 Å². The van der Waals surface area contributed by atoms with E-state index in [-0.39, 0.29) is 18.0 Å². The van der Waals surface area contributed by atoms with Crippen molar-refractivity contribution in [3.05, 3.63) is 47.7 Å². The van der Waals surface area contributed by atoms with E-state index in [0.29, 0.717) is 24.3 Å². The number of carboxylic acid groups (broad SMARTS) is 1. The molecular weight excluding hydrogens is 272 g/mol. The summed E-state index contributed by atoms with van der Waals surface area (Å²) >= 11 is 0. The summed E-state index contributed by atoms with van der Waals surface area (Å²) < 4.78 is 5.12. The number of anilines is 1. The number of carbonyl (C=O) groups is 2. The molecule has 0 aliphatic rings. The Labute approximate surface area is 121 Å². The largest absolute Gasteiger partial charge is 0.481 e. The fraction of sp³-hybridized carbons (Fsp3) is 0.267. The lowest BCUT2D eigenvalue weighted by Crippen LogP contribution is -2.14. The summed E-state index contributed by atoms with van der Waals surface area (Å²) in [5, 5.41) is 11.4. The zero-order valence-electron chi connectivity index (χ0n) is 11.6. The van der Waals surface area contributed by atoms with E-state index in [9.17, 15) is 9.59 Å². The molecule has 2 N–H and O–H groups in total. The maximum absolute atomic E-state index is 12.0. The summed E-state index contributed by atoms with van der Waals surface area (Å²) in [4.78, 5) is 26.5. The first-order valence-electron chi connectivity index (χ1n) is 6.64. The molecule has 0 atom stereocenters. The molecule has 1 aromatic carbocycles. The van der Waals surface area contributed by atoms with Crippen LogP contribution in [0.1, 0.15) is 35.2 Å². The number of hydrogen-bond donors (Lipinski definition) is 2. The highest BCUT2D eigenvalue weighted by Crippen LogP contribution is 2.14. The van der Waals surface area contributed by atoms with Crippen LogP contribution in [0.4, 0.5) is 5.69 Å². The summed E-state index contributed by atoms with van der Waals surface area (Å²) in [6, 6.07) is 7.06. The van der Waals surface area contributed by atoms with Crippen LogP contribution in [0.5, 0.6) is 0 Å². The van der Waals surface area contributed by atoms with E-state index in [0.717, 1.165) is 5.56 Å². The van der Waals surface area contributed by atoms with Crippen molar-refractivity contribution in [1.29, 1.82) is 0 Å². The van der Waals surface area contributed by atoms with Crippen molar-refractivity contribution in [2.24, 2.45) is 0 Å². The molecule has 6 nitrogen and oxygen atoms in total. The van der Waals surface area contributed by atoms with Crippen molar-refractivity contribution < 1.29 is 19.1 Å². The van der Waals surface area contributed by atoms with E-state index in [1.54, 1.807) is 24.3 Å². The zero-order valence-corrected chi connectivity index (χ0v) is 11.6. The number of hydrogen-bond acceptors (Lipinski definition) is 4. The molecule has 0 saturated heterocycles. The van der Waals surface area contributed by atoms with Crippen LogP contribution in [0, 0.1) is 0 Å². The third-order valence-electron chi connectivity index (χ3n) is 3.02. The second-order valence-corrected chi connectivity index (χ2v) is 4.52. The van der Waals surface area contributed by atoms with Gasteiger partial charge in [-0.15, -0.1) is 0 Å². The van der Waals surface area contributed by atoms with Crippen molar-refractivity contribution in [2.75, 3.05) is 5.32 Å². The van der Waals surface area contributed by atoms with Gasteiger partial charge in [-0.2, -0.15) is 0 Å². The molecule has 21 heavy (non-hydrogen) atoms. The van der Waals surface area contributed by atoms with Crippen LogP contribution in [-0.4, -0.2) is 22.0 Å². The normalized spacial score (nSPS) is 10.3. The van der Waals surface area contributed by atoms with Gasteiger partial charge in [0, 0.05) is 18.5 Å². The summed E-state index contributed by atoms with van der Waals surface area (Å²) in [7, 11) is 0. The highest BCUT2D eigenvalue weighted by Gasteiger charge is 2.15. The quantitative estimate of drug-likeness (QED) is 0.852. The summed E-state index contributed by atoms with van der Waals surface area (Å²) in [6.45, 7) is 1.88. The van der Waals surface area contributed by atoms with Gasteiger partial charge in [0.05, 0.1) is 0 Å². The monoisotopic (exact) mass is 288 g/mol. The molecule has 0 bridgehead atoms. The van der Waals surface area contributed by atoms with E-state index in [2.05, 4.69) is 10.3 Å². The first-order valence-corrected chi connectivity index (χ1v) is 6.64. The molecule has 0 aliphatic heterocycles. The smallest absolute Gasteiger partial charge is 0.303 e. The van der Waals surface area contributed by atoms with Crippen LogP contribution in [0.2, 0.25) is 0 Å². The highest BCUT2D eigenvalue weighted by molar-refractivity contribution is 6.03. The van der Waals surface area contributed by atoms with Crippen molar-refractivity contribution in [3.8, 4) is 0 Å². The SMILES string of the molecule is CCc1ocnc1C(=O)Nc1ccc(CCC(=O)O)cc1. The predicted molar refractivity (Wildman–Crippen MR) is 76.2 cm³/mol. The van der Waals surface area contributed by atoms with E-state index in [1.165, 1.54) is 6.39 Å². The minimum atomic E-state index is -0.828. The summed E-state index contributed by atoms with van der Waals surface area (Å²) in [5.41, 5.74) is 1.82. The molecule has 0 aliphatic carbocycles. The van der Waals surface area contributed by atoms with E-state index >= 15 is 0 Å². The van der Waals surface area contributed by atoms with Gasteiger partial charge in [-0.1, -0.05) is 19.1 Å². The molecule has 0 fully saturated rings. The Bertz CT molecular complexity index is 631. The molecule has 2 aromatic rings. The van der Waals surface area contributed by atoms with Crippen molar-refractivity contribution >= 4 is 17.6 Å². The maximum Gasteiger partial charge on any atom is 0.303 e. The Kier molecular flexibility index (Phi) is 4.71. The van der Waals surface area contributed by atoms with Gasteiger partial charge in [0.2, 0.25) is 0 Å². The Balaban J connectivity index is 2.00. The van der Waals surface area contributed by atoms with Crippen LogP contribution in [0.3, 0.4) is 0 Å². The van der Waals surface area contributed by atoms with Gasteiger partial charge in [-0.3, -0.25) is 9.59 Å². The van der Waals surface area contributed by atoms with Gasteiger partial charge in [0.25, 0.3) is 5.91 Å². The fourth-order valence-electron chi connectivity index (χ4n) is 1.90. The van der Waals surface area contributed by atoms with Crippen LogP contribution in [-0.2, 0) is 17.6 Å². The second-order valence-electron chi connectivity index (χ2n) is 4.52. The van der Waals surface area contributed by atoms with Crippen LogP contribution in [0.15, 0.2) is 35.1 Å². The molecule has 0 unspecified atom stereocenters. The Morgan fingerprint density at radius 1 is 1.29 bits per heavy atom. The van der Waals surface area contributed by atoms with Crippen molar-refractivity contribution in [1.82, 2.24) is 4.98 Å². The van der Waals surface area contributed by atoms with E-state index < -0.39 is 5.97 Å². The van der Waals surface area contributed by atoms with Gasteiger partial charge >= 0.3 is 5.97 Å². The lowest BCUT2D eigenvalue weighted by Gasteiger charge is -2.05. The molecule has 0 radical (unpaired) electrons. The second kappa shape index (κ2) is 6.69. The number of carboxylic acids is 1. The van der Waals surface area contributed by atoms with Gasteiger partial charge in [0.15, 0.2) is 12.1 Å². The number of rotatable bonds is 6. The predicted octanol–water partition coefficient (Wildman–Crippen LogP) is 2.51. The standard InChI is InChI=1S/C15H16N2O4/c1-2-12-14(16-9-21-12)15(20)17-11-6-3-10(4-7-11)5-8-13(18)19/h3-4,6-7,9H,2,5,8H2,1H3,(H,17,20)(H,18,19). The number of benzene rings is 1. The molecule has 1 aromatic heterocycles. The number of nitrogens with one attached hydrogen (secondary N) is 1. The number of amides is 1. The number of nitrogens with zero attached hydrogens (tertiary/aromatic N) is 1. The lowest BCUT2D eigenvalue weighted by atomic mass is 10.1. The third kappa shape index (κ3) is 3.92. The Morgan fingerprint density at radius 3 is 2.62 bits per heavy atom. The van der Waals surface area contributed by atoms with E-state index in [1.807, 2.05) is 6.92 Å². The molecule has 2 rings (SSSR count). The minimum absolute atomic E-state index is 0.0878. The lowest BCUT2D eigenvalue weighted by molar-refractivity contribution is -0.136. The fourth-order valence-corrected chi connectivity index (χ4v) is 1.90. The van der Waals surface area contributed by atoms with Gasteiger partial charge in [0.1, 0.15) is 5.76 Å². The van der Waals surface area contributed by atoms with Gasteiger partial charge < -0.3 is 14.8 Å². The number of aliphatic carboxylic acids is 1. The van der Waals surface area contributed by atoms with E-state index in [4.69, 9.17) is 9.52 Å². The third-order valence-corrected chi connectivity index (χ3v) is 3.02. The zero-order chi connectivity index (χ0) is 15.2. The number of carbonyl (C=O) groups excluding carboxylic acids is 1. The maximum atomic E-state index is 12.0. The topological polar surface area (TPSA) is 92.4 Å². The van der Waals surface area contributed by atoms with Crippen LogP contribution >= 0.6 is 0 Å². The van der Waals surface area contributed by atoms with Gasteiger partial charge in [-0.25, -0.2) is 4.98 Å². The molecule has 1 heterocycles.